The molecule has 1 atom stereocenters. The summed E-state index contributed by atoms with van der Waals surface area (Å²) >= 11 is 0. The van der Waals surface area contributed by atoms with Crippen LogP contribution in [0.3, 0.4) is 0 Å². The molecule has 1 saturated heterocycles. The molecule has 1 heterocycles. The first kappa shape index (κ1) is 20.5. The first-order valence-corrected chi connectivity index (χ1v) is 10.3. The molecule has 0 aromatic heterocycles. The number of nitrogens with zero attached hydrogens (tertiary/aromatic N) is 2. The third-order valence-corrected chi connectivity index (χ3v) is 5.14. The van der Waals surface area contributed by atoms with Gasteiger partial charge in [0.15, 0.2) is 0 Å². The number of benzene rings is 1. The Morgan fingerprint density at radius 2 is 1.42 bits per heavy atom. The van der Waals surface area contributed by atoms with Gasteiger partial charge in [-0.1, -0.05) is 101 Å². The topological polar surface area (TPSA) is 51.5 Å². The second-order valence-corrected chi connectivity index (χ2v) is 7.33. The molecule has 0 saturated carbocycles. The highest BCUT2D eigenvalue weighted by atomic mass is 16.2. The maximum Gasteiger partial charge on any atom is 0.347 e. The van der Waals surface area contributed by atoms with Crippen LogP contribution in [0.15, 0.2) is 30.3 Å². The highest BCUT2D eigenvalue weighted by molar-refractivity contribution is 6.03. The molecule has 1 aromatic carbocycles. The van der Waals surface area contributed by atoms with Crippen molar-refractivity contribution in [2.45, 2.75) is 90.1 Å². The quantitative estimate of drug-likeness (QED) is 0.349. The monoisotopic (exact) mass is 357 g/mol. The zero-order valence-corrected chi connectivity index (χ0v) is 16.2. The molecule has 4 heteroatoms. The molecule has 1 aromatic rings. The average molecular weight is 358 g/mol. The van der Waals surface area contributed by atoms with E-state index in [2.05, 4.69) is 12.2 Å². The maximum atomic E-state index is 12.0. The van der Waals surface area contributed by atoms with Crippen molar-refractivity contribution >= 4 is 11.9 Å². The predicted octanol–water partition coefficient (Wildman–Crippen LogP) is 5.43. The van der Waals surface area contributed by atoms with Gasteiger partial charge in [-0.05, 0) is 12.0 Å². The summed E-state index contributed by atoms with van der Waals surface area (Å²) in [6, 6.07) is 9.07. The average Bonchev–Trinajstić information content (AvgIpc) is 2.91. The van der Waals surface area contributed by atoms with Crippen molar-refractivity contribution in [3.63, 3.8) is 0 Å². The fourth-order valence-electron chi connectivity index (χ4n) is 3.56. The van der Waals surface area contributed by atoms with Gasteiger partial charge in [-0.15, -0.1) is 0 Å². The normalized spacial score (nSPS) is 17.0. The summed E-state index contributed by atoms with van der Waals surface area (Å²) in [6.45, 7) is 2.72. The van der Waals surface area contributed by atoms with Crippen molar-refractivity contribution in [2.24, 2.45) is 0 Å². The number of hydrogen-bond acceptors (Lipinski definition) is 2. The zero-order valence-electron chi connectivity index (χ0n) is 16.2. The summed E-state index contributed by atoms with van der Waals surface area (Å²) in [5.41, 5.74) is 1.04. The molecule has 0 bridgehead atoms. The number of carbonyl (C=O) groups excluding carboxylic acids is 2. The van der Waals surface area contributed by atoms with E-state index in [1.807, 2.05) is 30.3 Å². The standard InChI is InChI=1S/C22H33N2O2/c1-2-3-4-5-6-7-8-9-10-14-17-20-21(25)23-22(26)24(20)18-19-15-12-11-13-16-19/h11-13,15-16,20H,2-10,14,17-18H2,1H3. The Hall–Kier alpha value is -1.84. The number of rotatable bonds is 13. The van der Waals surface area contributed by atoms with Crippen LogP contribution in [0.5, 0.6) is 0 Å². The number of imide groups is 1. The highest BCUT2D eigenvalue weighted by Gasteiger charge is 2.39. The van der Waals surface area contributed by atoms with E-state index in [0.717, 1.165) is 24.8 Å². The van der Waals surface area contributed by atoms with Crippen LogP contribution in [0.25, 0.3) is 0 Å². The Kier molecular flexibility index (Phi) is 9.22. The summed E-state index contributed by atoms with van der Waals surface area (Å²) in [4.78, 5) is 25.7. The molecule has 1 radical (unpaired) electrons. The van der Waals surface area contributed by atoms with Crippen LogP contribution < -0.4 is 5.32 Å². The fraction of sp³-hybridized carbons (Fsp3) is 0.636. The smallest absolute Gasteiger partial charge is 0.306 e. The summed E-state index contributed by atoms with van der Waals surface area (Å²) in [6.07, 6.45) is 13.4. The summed E-state index contributed by atoms with van der Waals surface area (Å²) < 4.78 is 0. The molecule has 3 amide bonds. The van der Waals surface area contributed by atoms with Crippen molar-refractivity contribution in [3.8, 4) is 0 Å². The van der Waals surface area contributed by atoms with Crippen molar-refractivity contribution in [2.75, 3.05) is 0 Å². The Morgan fingerprint density at radius 1 is 0.846 bits per heavy atom. The molecule has 4 nitrogen and oxygen atoms in total. The molecule has 1 aliphatic heterocycles. The van der Waals surface area contributed by atoms with Gasteiger partial charge in [-0.25, -0.2) is 4.79 Å². The number of hydrogen-bond donors (Lipinski definition) is 0. The van der Waals surface area contributed by atoms with Crippen LogP contribution in [0.4, 0.5) is 4.79 Å². The minimum absolute atomic E-state index is 0.262. The SMILES string of the molecule is CCCCCCCCCCCCC1C(=O)[N]C(=O)N1Cc1ccccc1. The molecule has 1 fully saturated rings. The zero-order chi connectivity index (χ0) is 18.6. The van der Waals surface area contributed by atoms with Crippen LogP contribution in [-0.4, -0.2) is 22.9 Å². The van der Waals surface area contributed by atoms with Gasteiger partial charge in [0.05, 0.1) is 0 Å². The van der Waals surface area contributed by atoms with Gasteiger partial charge in [0.1, 0.15) is 6.04 Å². The van der Waals surface area contributed by atoms with Crippen molar-refractivity contribution < 1.29 is 9.59 Å². The minimum atomic E-state index is -0.379. The van der Waals surface area contributed by atoms with E-state index in [9.17, 15) is 9.59 Å². The van der Waals surface area contributed by atoms with Crippen LogP contribution in [0.2, 0.25) is 0 Å². The lowest BCUT2D eigenvalue weighted by atomic mass is 10.0. The Balaban J connectivity index is 1.63. The number of amides is 3. The van der Waals surface area contributed by atoms with Crippen LogP contribution >= 0.6 is 0 Å². The number of carbonyl (C=O) groups is 2. The van der Waals surface area contributed by atoms with Gasteiger partial charge >= 0.3 is 6.03 Å². The van der Waals surface area contributed by atoms with E-state index >= 15 is 0 Å². The third-order valence-electron chi connectivity index (χ3n) is 5.14. The highest BCUT2D eigenvalue weighted by Crippen LogP contribution is 2.20. The summed E-state index contributed by atoms with van der Waals surface area (Å²) in [7, 11) is 0. The van der Waals surface area contributed by atoms with E-state index in [0.29, 0.717) is 6.54 Å². The Morgan fingerprint density at radius 3 is 2.04 bits per heavy atom. The van der Waals surface area contributed by atoms with Gasteiger partial charge in [0.2, 0.25) is 0 Å². The van der Waals surface area contributed by atoms with E-state index in [-0.39, 0.29) is 18.0 Å². The third kappa shape index (κ3) is 6.81. The molecule has 0 spiro atoms. The molecular formula is C22H33N2O2. The van der Waals surface area contributed by atoms with Gasteiger partial charge in [0, 0.05) is 6.54 Å². The second kappa shape index (κ2) is 11.7. The molecule has 26 heavy (non-hydrogen) atoms. The Labute approximate surface area is 158 Å². The van der Waals surface area contributed by atoms with Crippen molar-refractivity contribution in [3.05, 3.63) is 35.9 Å². The summed E-state index contributed by atoms with van der Waals surface area (Å²) in [5.74, 6) is -0.262. The lowest BCUT2D eigenvalue weighted by molar-refractivity contribution is -0.121. The van der Waals surface area contributed by atoms with Crippen LogP contribution in [-0.2, 0) is 11.3 Å². The van der Waals surface area contributed by atoms with Gasteiger partial charge < -0.3 is 4.90 Å². The van der Waals surface area contributed by atoms with Crippen molar-refractivity contribution in [1.82, 2.24) is 10.2 Å². The fourth-order valence-corrected chi connectivity index (χ4v) is 3.56. The van der Waals surface area contributed by atoms with Gasteiger partial charge in [-0.3, -0.25) is 4.79 Å². The Bertz CT molecular complexity index is 544. The largest absolute Gasteiger partial charge is 0.347 e. The molecule has 1 aliphatic rings. The first-order chi connectivity index (χ1) is 12.7. The second-order valence-electron chi connectivity index (χ2n) is 7.33. The van der Waals surface area contributed by atoms with Gasteiger partial charge in [0.25, 0.3) is 5.91 Å². The molecule has 0 N–H and O–H groups in total. The first-order valence-electron chi connectivity index (χ1n) is 10.3. The number of urea groups is 1. The molecule has 2 rings (SSSR count). The van der Waals surface area contributed by atoms with E-state index in [4.69, 9.17) is 0 Å². The summed E-state index contributed by atoms with van der Waals surface area (Å²) in [5, 5.41) is 3.66. The van der Waals surface area contributed by atoms with Crippen LogP contribution in [0, 0.1) is 0 Å². The maximum absolute atomic E-state index is 12.0. The number of unbranched alkanes of at least 4 members (excludes halogenated alkanes) is 9. The lowest BCUT2D eigenvalue weighted by Crippen LogP contribution is -2.34. The molecule has 0 aliphatic carbocycles. The lowest BCUT2D eigenvalue weighted by Gasteiger charge is -2.21. The molecule has 143 valence electrons. The van der Waals surface area contributed by atoms with E-state index in [1.54, 1.807) is 4.90 Å². The van der Waals surface area contributed by atoms with Crippen molar-refractivity contribution in [1.29, 1.82) is 0 Å². The predicted molar refractivity (Wildman–Crippen MR) is 105 cm³/mol. The minimum Gasteiger partial charge on any atom is -0.306 e. The molecular weight excluding hydrogens is 324 g/mol. The molecule has 1 unspecified atom stereocenters. The van der Waals surface area contributed by atoms with Gasteiger partial charge in [-0.2, -0.15) is 5.32 Å². The van der Waals surface area contributed by atoms with Crippen LogP contribution in [0.1, 0.15) is 83.1 Å². The van der Waals surface area contributed by atoms with E-state index < -0.39 is 0 Å². The van der Waals surface area contributed by atoms with E-state index in [1.165, 1.54) is 51.4 Å².